The van der Waals surface area contributed by atoms with Gasteiger partial charge in [-0.3, -0.25) is 9.59 Å². The third-order valence-electron chi connectivity index (χ3n) is 1.50. The van der Waals surface area contributed by atoms with Gasteiger partial charge in [0.1, 0.15) is 0 Å². The zero-order chi connectivity index (χ0) is 9.94. The SMILES string of the molecule is CC(C)(C)C(=O)[C@H](N)CC(N)=O. The lowest BCUT2D eigenvalue weighted by Crippen LogP contribution is -2.41. The lowest BCUT2D eigenvalue weighted by atomic mass is 9.86. The average molecular weight is 172 g/mol. The van der Waals surface area contributed by atoms with Gasteiger partial charge >= 0.3 is 0 Å². The summed E-state index contributed by atoms with van der Waals surface area (Å²) in [4.78, 5) is 21.8. The van der Waals surface area contributed by atoms with Crippen LogP contribution in [0.4, 0.5) is 0 Å². The molecule has 0 fully saturated rings. The van der Waals surface area contributed by atoms with E-state index in [0.717, 1.165) is 0 Å². The van der Waals surface area contributed by atoms with Crippen molar-refractivity contribution in [2.24, 2.45) is 16.9 Å². The fraction of sp³-hybridized carbons (Fsp3) is 0.750. The summed E-state index contributed by atoms with van der Waals surface area (Å²) in [6.45, 7) is 5.28. The molecule has 0 aromatic carbocycles. The largest absolute Gasteiger partial charge is 0.370 e. The molecule has 0 heterocycles. The maximum Gasteiger partial charge on any atom is 0.219 e. The Hall–Kier alpha value is -0.900. The van der Waals surface area contributed by atoms with Gasteiger partial charge in [0, 0.05) is 11.8 Å². The summed E-state index contributed by atoms with van der Waals surface area (Å²) < 4.78 is 0. The molecule has 4 N–H and O–H groups in total. The number of rotatable bonds is 3. The predicted molar refractivity (Wildman–Crippen MR) is 46.2 cm³/mol. The Kier molecular flexibility index (Phi) is 3.39. The molecule has 0 aromatic heterocycles. The number of carbonyl (C=O) groups excluding carboxylic acids is 2. The van der Waals surface area contributed by atoms with Crippen LogP contribution in [-0.2, 0) is 9.59 Å². The Bertz CT molecular complexity index is 194. The van der Waals surface area contributed by atoms with Crippen molar-refractivity contribution in [3.63, 3.8) is 0 Å². The number of hydrogen-bond acceptors (Lipinski definition) is 3. The highest BCUT2D eigenvalue weighted by molar-refractivity contribution is 5.92. The number of primary amides is 1. The molecule has 1 amide bonds. The Morgan fingerprint density at radius 1 is 1.33 bits per heavy atom. The van der Waals surface area contributed by atoms with Crippen LogP contribution in [0.3, 0.4) is 0 Å². The first-order chi connectivity index (χ1) is 5.25. The Labute approximate surface area is 72.3 Å². The first kappa shape index (κ1) is 11.1. The monoisotopic (exact) mass is 172 g/mol. The quantitative estimate of drug-likeness (QED) is 0.618. The van der Waals surface area contributed by atoms with Crippen LogP contribution >= 0.6 is 0 Å². The Balaban J connectivity index is 4.21. The zero-order valence-electron chi connectivity index (χ0n) is 7.76. The molecule has 0 rings (SSSR count). The van der Waals surface area contributed by atoms with Gasteiger partial charge in [0.15, 0.2) is 5.78 Å². The molecule has 0 saturated carbocycles. The fourth-order valence-electron chi connectivity index (χ4n) is 0.866. The van der Waals surface area contributed by atoms with Crippen LogP contribution in [0.5, 0.6) is 0 Å². The molecule has 4 heteroatoms. The van der Waals surface area contributed by atoms with E-state index in [1.807, 2.05) is 0 Å². The summed E-state index contributed by atoms with van der Waals surface area (Å²) >= 11 is 0. The van der Waals surface area contributed by atoms with E-state index in [1.54, 1.807) is 20.8 Å². The second-order valence-corrected chi connectivity index (χ2v) is 3.89. The van der Waals surface area contributed by atoms with Crippen molar-refractivity contribution < 1.29 is 9.59 Å². The van der Waals surface area contributed by atoms with Crippen LogP contribution in [0.25, 0.3) is 0 Å². The van der Waals surface area contributed by atoms with Crippen molar-refractivity contribution in [2.75, 3.05) is 0 Å². The van der Waals surface area contributed by atoms with Crippen molar-refractivity contribution in [2.45, 2.75) is 33.2 Å². The van der Waals surface area contributed by atoms with E-state index in [4.69, 9.17) is 11.5 Å². The summed E-state index contributed by atoms with van der Waals surface area (Å²) in [5.74, 6) is -0.679. The van der Waals surface area contributed by atoms with Crippen LogP contribution in [0.15, 0.2) is 0 Å². The minimum absolute atomic E-state index is 0.0733. The molecule has 0 aliphatic rings. The lowest BCUT2D eigenvalue weighted by molar-refractivity contribution is -0.130. The zero-order valence-corrected chi connectivity index (χ0v) is 7.76. The second kappa shape index (κ2) is 3.67. The van der Waals surface area contributed by atoms with E-state index in [0.29, 0.717) is 0 Å². The van der Waals surface area contributed by atoms with E-state index in [9.17, 15) is 9.59 Å². The molecule has 1 atom stereocenters. The summed E-state index contributed by atoms with van der Waals surface area (Å²) in [5, 5.41) is 0. The minimum Gasteiger partial charge on any atom is -0.370 e. The Morgan fingerprint density at radius 3 is 2.00 bits per heavy atom. The number of Topliss-reactive ketones (excluding diaryl/α,β-unsaturated/α-hetero) is 1. The van der Waals surface area contributed by atoms with Crippen LogP contribution in [0, 0.1) is 5.41 Å². The van der Waals surface area contributed by atoms with Gasteiger partial charge in [-0.05, 0) is 0 Å². The molecular formula is C8H16N2O2. The third-order valence-corrected chi connectivity index (χ3v) is 1.50. The summed E-state index contributed by atoms with van der Waals surface area (Å²) in [6.07, 6.45) is -0.0733. The highest BCUT2D eigenvalue weighted by Crippen LogP contribution is 2.16. The van der Waals surface area contributed by atoms with Crippen LogP contribution in [-0.4, -0.2) is 17.7 Å². The fourth-order valence-corrected chi connectivity index (χ4v) is 0.866. The van der Waals surface area contributed by atoms with Gasteiger partial charge in [0.05, 0.1) is 6.04 Å². The van der Waals surface area contributed by atoms with Gasteiger partial charge in [0.25, 0.3) is 0 Å². The van der Waals surface area contributed by atoms with Crippen molar-refractivity contribution in [3.8, 4) is 0 Å². The highest BCUT2D eigenvalue weighted by Gasteiger charge is 2.27. The van der Waals surface area contributed by atoms with E-state index in [-0.39, 0.29) is 12.2 Å². The first-order valence-electron chi connectivity index (χ1n) is 3.83. The number of amides is 1. The molecule has 0 saturated heterocycles. The third kappa shape index (κ3) is 3.48. The molecule has 0 aliphatic carbocycles. The van der Waals surface area contributed by atoms with Gasteiger partial charge in [-0.1, -0.05) is 20.8 Å². The predicted octanol–water partition coefficient (Wildman–Crippen LogP) is -0.196. The normalized spacial score (nSPS) is 14.0. The number of nitrogens with two attached hydrogens (primary N) is 2. The topological polar surface area (TPSA) is 86.2 Å². The summed E-state index contributed by atoms with van der Waals surface area (Å²) in [5.41, 5.74) is 9.85. The molecule has 0 unspecified atom stereocenters. The van der Waals surface area contributed by atoms with Gasteiger partial charge in [-0.2, -0.15) is 0 Å². The molecule has 0 aromatic rings. The molecule has 12 heavy (non-hydrogen) atoms. The van der Waals surface area contributed by atoms with Gasteiger partial charge in [0.2, 0.25) is 5.91 Å². The van der Waals surface area contributed by atoms with Crippen molar-refractivity contribution >= 4 is 11.7 Å². The standard InChI is InChI=1S/C8H16N2O2/c1-8(2,3)7(12)5(9)4-6(10)11/h5H,4,9H2,1-3H3,(H2,10,11)/t5-/m1/s1. The first-order valence-corrected chi connectivity index (χ1v) is 3.83. The van der Waals surface area contributed by atoms with Gasteiger partial charge in [-0.15, -0.1) is 0 Å². The van der Waals surface area contributed by atoms with E-state index in [2.05, 4.69) is 0 Å². The molecular weight excluding hydrogens is 156 g/mol. The van der Waals surface area contributed by atoms with Gasteiger partial charge < -0.3 is 11.5 Å². The lowest BCUT2D eigenvalue weighted by Gasteiger charge is -2.20. The van der Waals surface area contributed by atoms with E-state index >= 15 is 0 Å². The van der Waals surface area contributed by atoms with Crippen LogP contribution in [0.2, 0.25) is 0 Å². The van der Waals surface area contributed by atoms with E-state index in [1.165, 1.54) is 0 Å². The molecule has 0 spiro atoms. The summed E-state index contributed by atoms with van der Waals surface area (Å²) in [7, 11) is 0. The van der Waals surface area contributed by atoms with Crippen molar-refractivity contribution in [1.29, 1.82) is 0 Å². The molecule has 4 nitrogen and oxygen atoms in total. The smallest absolute Gasteiger partial charge is 0.219 e. The molecule has 0 aliphatic heterocycles. The van der Waals surface area contributed by atoms with Crippen LogP contribution in [0.1, 0.15) is 27.2 Å². The molecule has 0 bridgehead atoms. The minimum atomic E-state index is -0.762. The average Bonchev–Trinajstić information content (AvgIpc) is 1.82. The van der Waals surface area contributed by atoms with Crippen LogP contribution < -0.4 is 11.5 Å². The maximum atomic E-state index is 11.4. The highest BCUT2D eigenvalue weighted by atomic mass is 16.1. The van der Waals surface area contributed by atoms with Crippen molar-refractivity contribution in [1.82, 2.24) is 0 Å². The van der Waals surface area contributed by atoms with E-state index < -0.39 is 17.4 Å². The number of hydrogen-bond donors (Lipinski definition) is 2. The maximum absolute atomic E-state index is 11.4. The summed E-state index contributed by atoms with van der Waals surface area (Å²) in [6, 6.07) is -0.762. The Morgan fingerprint density at radius 2 is 1.75 bits per heavy atom. The van der Waals surface area contributed by atoms with Crippen molar-refractivity contribution in [3.05, 3.63) is 0 Å². The van der Waals surface area contributed by atoms with Gasteiger partial charge in [-0.25, -0.2) is 0 Å². The number of carbonyl (C=O) groups is 2. The molecule has 70 valence electrons. The second-order valence-electron chi connectivity index (χ2n) is 3.89. The number of ketones is 1. The molecule has 0 radical (unpaired) electrons.